The lowest BCUT2D eigenvalue weighted by molar-refractivity contribution is 0.1000. The second-order valence-corrected chi connectivity index (χ2v) is 5.81. The van der Waals surface area contributed by atoms with Gasteiger partial charge in [0.15, 0.2) is 0 Å². The van der Waals surface area contributed by atoms with Gasteiger partial charge in [0, 0.05) is 12.1 Å². The van der Waals surface area contributed by atoms with Gasteiger partial charge < -0.3 is 16.2 Å². The van der Waals surface area contributed by atoms with Crippen molar-refractivity contribution >= 4 is 22.9 Å². The highest BCUT2D eigenvalue weighted by Gasteiger charge is 2.09. The number of carbonyl (C=O) groups is 1. The zero-order chi connectivity index (χ0) is 16.7. The first-order chi connectivity index (χ1) is 11.1. The molecule has 0 aromatic heterocycles. The summed E-state index contributed by atoms with van der Waals surface area (Å²) in [5.41, 5.74) is 7.88. The molecule has 1 unspecified atom stereocenters. The molecule has 24 heavy (non-hydrogen) atoms. The fraction of sp³-hybridized carbons (Fsp3) is 0.316. The van der Waals surface area contributed by atoms with Crippen molar-refractivity contribution in [2.75, 3.05) is 13.1 Å². The van der Waals surface area contributed by atoms with Crippen LogP contribution in [-0.2, 0) is 0 Å². The van der Waals surface area contributed by atoms with Crippen LogP contribution < -0.4 is 11.1 Å². The molecular weight excluding hydrogens is 368 g/mol. The minimum atomic E-state index is -0.485. The highest BCUT2D eigenvalue weighted by molar-refractivity contribution is 8.93. The average molecular weight is 393 g/mol. The van der Waals surface area contributed by atoms with Crippen LogP contribution in [0, 0.1) is 0 Å². The van der Waals surface area contributed by atoms with E-state index in [2.05, 4.69) is 12.2 Å². The second-order valence-electron chi connectivity index (χ2n) is 5.81. The van der Waals surface area contributed by atoms with Gasteiger partial charge in [-0.1, -0.05) is 49.4 Å². The number of benzene rings is 2. The largest absolute Gasteiger partial charge is 0.387 e. The molecular formula is C19H25BrN2O2. The summed E-state index contributed by atoms with van der Waals surface area (Å²) in [4.78, 5) is 11.1. The van der Waals surface area contributed by atoms with Gasteiger partial charge in [-0.3, -0.25) is 4.79 Å². The van der Waals surface area contributed by atoms with Gasteiger partial charge in [0.25, 0.3) is 0 Å². The summed E-state index contributed by atoms with van der Waals surface area (Å²) in [5, 5.41) is 13.4. The van der Waals surface area contributed by atoms with Crippen molar-refractivity contribution in [1.29, 1.82) is 0 Å². The van der Waals surface area contributed by atoms with E-state index in [0.29, 0.717) is 18.0 Å². The third kappa shape index (κ3) is 6.07. The molecule has 4 N–H and O–H groups in total. The number of amides is 1. The molecule has 0 radical (unpaired) electrons. The Morgan fingerprint density at radius 2 is 1.71 bits per heavy atom. The molecule has 0 aliphatic carbocycles. The van der Waals surface area contributed by atoms with Crippen molar-refractivity contribution in [3.05, 3.63) is 71.3 Å². The quantitative estimate of drug-likeness (QED) is 0.603. The summed E-state index contributed by atoms with van der Waals surface area (Å²) < 4.78 is 0. The fourth-order valence-electron chi connectivity index (χ4n) is 2.49. The van der Waals surface area contributed by atoms with Gasteiger partial charge in [0.2, 0.25) is 5.91 Å². The predicted molar refractivity (Wildman–Crippen MR) is 103 cm³/mol. The van der Waals surface area contributed by atoms with Crippen LogP contribution in [0.2, 0.25) is 0 Å². The van der Waals surface area contributed by atoms with Gasteiger partial charge in [-0.2, -0.15) is 0 Å². The lowest BCUT2D eigenvalue weighted by Crippen LogP contribution is -2.23. The number of nitrogens with one attached hydrogen (secondary N) is 1. The van der Waals surface area contributed by atoms with E-state index in [9.17, 15) is 9.90 Å². The van der Waals surface area contributed by atoms with Crippen LogP contribution >= 0.6 is 17.0 Å². The summed E-state index contributed by atoms with van der Waals surface area (Å²) in [6.07, 6.45) is 0.471. The minimum absolute atomic E-state index is 0. The molecule has 0 saturated carbocycles. The Hall–Kier alpha value is -1.69. The molecule has 0 fully saturated rings. The molecule has 0 spiro atoms. The van der Waals surface area contributed by atoms with E-state index < -0.39 is 12.0 Å². The number of carbonyl (C=O) groups excluding carboxylic acids is 1. The normalized spacial score (nSPS) is 12.9. The standard InChI is InChI=1S/C19H24N2O2.BrH/c1-14(15-7-9-17(10-8-15)19(20)23)11-12-21-13-18(22)16-5-3-2-4-6-16;/h2-10,14,18,21-22H,11-13H2,1H3,(H2,20,23);1H/t14-,18?;/m1./s1. The van der Waals surface area contributed by atoms with Gasteiger partial charge in [-0.25, -0.2) is 0 Å². The maximum Gasteiger partial charge on any atom is 0.248 e. The van der Waals surface area contributed by atoms with Crippen LogP contribution in [-0.4, -0.2) is 24.1 Å². The zero-order valence-electron chi connectivity index (χ0n) is 13.8. The number of rotatable bonds is 8. The summed E-state index contributed by atoms with van der Waals surface area (Å²) in [6.45, 7) is 3.51. The summed E-state index contributed by atoms with van der Waals surface area (Å²) in [7, 11) is 0. The Bertz CT molecular complexity index is 617. The van der Waals surface area contributed by atoms with E-state index in [0.717, 1.165) is 18.5 Å². The van der Waals surface area contributed by atoms with Crippen molar-refractivity contribution in [3.8, 4) is 0 Å². The molecule has 130 valence electrons. The molecule has 1 amide bonds. The van der Waals surface area contributed by atoms with E-state index in [-0.39, 0.29) is 17.0 Å². The zero-order valence-corrected chi connectivity index (χ0v) is 15.5. The van der Waals surface area contributed by atoms with Gasteiger partial charge in [-0.05, 0) is 42.1 Å². The molecule has 4 nitrogen and oxygen atoms in total. The molecule has 0 bridgehead atoms. The number of halogens is 1. The first-order valence-electron chi connectivity index (χ1n) is 7.91. The number of aliphatic hydroxyl groups excluding tert-OH is 1. The number of primary amides is 1. The van der Waals surface area contributed by atoms with E-state index in [4.69, 9.17) is 5.73 Å². The van der Waals surface area contributed by atoms with Crippen molar-refractivity contribution < 1.29 is 9.90 Å². The molecule has 0 heterocycles. The predicted octanol–water partition coefficient (Wildman–Crippen LogP) is 3.18. The maximum absolute atomic E-state index is 11.1. The maximum atomic E-state index is 11.1. The van der Waals surface area contributed by atoms with Gasteiger partial charge in [-0.15, -0.1) is 17.0 Å². The topological polar surface area (TPSA) is 75.3 Å². The average Bonchev–Trinajstić information content (AvgIpc) is 2.59. The number of hydrogen-bond acceptors (Lipinski definition) is 3. The van der Waals surface area contributed by atoms with Gasteiger partial charge in [0.05, 0.1) is 6.10 Å². The van der Waals surface area contributed by atoms with Crippen LogP contribution in [0.1, 0.15) is 46.9 Å². The number of hydrogen-bond donors (Lipinski definition) is 3. The van der Waals surface area contributed by atoms with E-state index in [1.807, 2.05) is 42.5 Å². The first kappa shape index (κ1) is 20.4. The molecule has 0 aliphatic rings. The van der Waals surface area contributed by atoms with Gasteiger partial charge in [0.1, 0.15) is 0 Å². The molecule has 5 heteroatoms. The lowest BCUT2D eigenvalue weighted by atomic mass is 9.96. The first-order valence-corrected chi connectivity index (χ1v) is 7.91. The fourth-order valence-corrected chi connectivity index (χ4v) is 2.49. The lowest BCUT2D eigenvalue weighted by Gasteiger charge is -2.15. The smallest absolute Gasteiger partial charge is 0.248 e. The number of aliphatic hydroxyl groups is 1. The molecule has 2 aromatic carbocycles. The number of nitrogens with two attached hydrogens (primary N) is 1. The highest BCUT2D eigenvalue weighted by atomic mass is 79.9. The Morgan fingerprint density at radius 1 is 1.08 bits per heavy atom. The van der Waals surface area contributed by atoms with Crippen molar-refractivity contribution in [1.82, 2.24) is 5.32 Å². The molecule has 2 aromatic rings. The Kier molecular flexibility index (Phi) is 8.68. The van der Waals surface area contributed by atoms with Crippen LogP contribution in [0.25, 0.3) is 0 Å². The third-order valence-electron chi connectivity index (χ3n) is 4.04. The SMILES string of the molecule is Br.C[C@H](CCNCC(O)c1ccccc1)c1ccc(C(N)=O)cc1. The Morgan fingerprint density at radius 3 is 2.29 bits per heavy atom. The van der Waals surface area contributed by atoms with Crippen molar-refractivity contribution in [2.45, 2.75) is 25.4 Å². The van der Waals surface area contributed by atoms with E-state index in [1.54, 1.807) is 12.1 Å². The minimum Gasteiger partial charge on any atom is -0.387 e. The third-order valence-corrected chi connectivity index (χ3v) is 4.04. The molecule has 2 atom stereocenters. The molecule has 0 saturated heterocycles. The highest BCUT2D eigenvalue weighted by Crippen LogP contribution is 2.19. The summed E-state index contributed by atoms with van der Waals surface area (Å²) in [5.74, 6) is -0.0286. The van der Waals surface area contributed by atoms with E-state index >= 15 is 0 Å². The summed E-state index contributed by atoms with van der Waals surface area (Å²) >= 11 is 0. The van der Waals surface area contributed by atoms with Crippen LogP contribution in [0.4, 0.5) is 0 Å². The second kappa shape index (κ2) is 10.2. The van der Waals surface area contributed by atoms with Gasteiger partial charge >= 0.3 is 0 Å². The summed E-state index contributed by atoms with van der Waals surface area (Å²) in [6, 6.07) is 17.1. The molecule has 2 rings (SSSR count). The molecule has 0 aliphatic heterocycles. The van der Waals surface area contributed by atoms with Crippen LogP contribution in [0.5, 0.6) is 0 Å². The van der Waals surface area contributed by atoms with Crippen molar-refractivity contribution in [2.24, 2.45) is 5.73 Å². The Labute approximate surface area is 153 Å². The van der Waals surface area contributed by atoms with Crippen molar-refractivity contribution in [3.63, 3.8) is 0 Å². The van der Waals surface area contributed by atoms with Crippen LogP contribution in [0.3, 0.4) is 0 Å². The van der Waals surface area contributed by atoms with E-state index in [1.165, 1.54) is 5.56 Å². The monoisotopic (exact) mass is 392 g/mol. The van der Waals surface area contributed by atoms with Crippen LogP contribution in [0.15, 0.2) is 54.6 Å². The Balaban J connectivity index is 0.00000288.